The summed E-state index contributed by atoms with van der Waals surface area (Å²) >= 11 is 5.91. The maximum absolute atomic E-state index is 6.23. The second-order valence-electron chi connectivity index (χ2n) is 6.53. The monoisotopic (exact) mass is 362 g/mol. The number of alkyl halides is 1. The number of benzene rings is 2. The van der Waals surface area contributed by atoms with E-state index in [4.69, 9.17) is 21.1 Å². The molecule has 25 heavy (non-hydrogen) atoms. The van der Waals surface area contributed by atoms with Crippen LogP contribution in [0.5, 0.6) is 11.5 Å². The Morgan fingerprint density at radius 3 is 2.44 bits per heavy atom. The third-order valence-corrected chi connectivity index (χ3v) is 4.95. The van der Waals surface area contributed by atoms with Crippen molar-refractivity contribution in [2.75, 3.05) is 19.1 Å². The van der Waals surface area contributed by atoms with Gasteiger partial charge in [0.15, 0.2) is 0 Å². The molecule has 2 rings (SSSR count). The lowest BCUT2D eigenvalue weighted by Gasteiger charge is -2.19. The van der Waals surface area contributed by atoms with Crippen LogP contribution in [0.25, 0.3) is 10.8 Å². The van der Waals surface area contributed by atoms with E-state index in [2.05, 4.69) is 51.1 Å². The Labute approximate surface area is 157 Å². The first kappa shape index (κ1) is 19.9. The number of halogens is 1. The number of hydrogen-bond acceptors (Lipinski definition) is 2. The predicted molar refractivity (Wildman–Crippen MR) is 108 cm³/mol. The molecule has 0 aliphatic heterocycles. The summed E-state index contributed by atoms with van der Waals surface area (Å²) in [5.41, 5.74) is 1.22. The van der Waals surface area contributed by atoms with Crippen LogP contribution in [0.2, 0.25) is 0 Å². The highest BCUT2D eigenvalue weighted by molar-refractivity contribution is 6.17. The fourth-order valence-corrected chi connectivity index (χ4v) is 3.32. The van der Waals surface area contributed by atoms with Crippen molar-refractivity contribution < 1.29 is 9.47 Å². The summed E-state index contributed by atoms with van der Waals surface area (Å²) in [5.74, 6) is 3.17. The number of rotatable bonds is 11. The Morgan fingerprint density at radius 2 is 1.80 bits per heavy atom. The average Bonchev–Trinajstić information content (AvgIpc) is 2.65. The second kappa shape index (κ2) is 10.6. The third-order valence-electron chi connectivity index (χ3n) is 4.73. The first-order valence-corrected chi connectivity index (χ1v) is 10.1. The standard InChI is InChI=1S/C22H31ClO2/c1-4-7-14-24-22-18(6-3)15-21(19-10-8-9-11-20(19)22)25-16-17(5-2)12-13-23/h8-11,15,17H,4-7,12-14,16H2,1-3H3. The molecule has 1 unspecified atom stereocenters. The van der Waals surface area contributed by atoms with Gasteiger partial charge < -0.3 is 9.47 Å². The number of ether oxygens (including phenoxy) is 2. The number of aryl methyl sites for hydroxylation is 1. The van der Waals surface area contributed by atoms with Gasteiger partial charge in [-0.05, 0) is 36.8 Å². The average molecular weight is 363 g/mol. The van der Waals surface area contributed by atoms with Crippen molar-refractivity contribution in [2.24, 2.45) is 5.92 Å². The summed E-state index contributed by atoms with van der Waals surface area (Å²) in [4.78, 5) is 0. The molecule has 138 valence electrons. The van der Waals surface area contributed by atoms with E-state index in [1.807, 2.05) is 0 Å². The fraction of sp³-hybridized carbons (Fsp3) is 0.545. The van der Waals surface area contributed by atoms with Crippen molar-refractivity contribution >= 4 is 22.4 Å². The molecule has 0 radical (unpaired) electrons. The van der Waals surface area contributed by atoms with Crippen molar-refractivity contribution in [2.45, 2.75) is 52.9 Å². The number of fused-ring (bicyclic) bond motifs is 1. The summed E-state index contributed by atoms with van der Waals surface area (Å²) in [7, 11) is 0. The van der Waals surface area contributed by atoms with Crippen molar-refractivity contribution in [1.82, 2.24) is 0 Å². The van der Waals surface area contributed by atoms with E-state index in [0.717, 1.165) is 61.0 Å². The summed E-state index contributed by atoms with van der Waals surface area (Å²) in [5, 5.41) is 2.28. The maximum Gasteiger partial charge on any atom is 0.130 e. The van der Waals surface area contributed by atoms with Crippen LogP contribution in [0.4, 0.5) is 0 Å². The molecule has 2 aromatic carbocycles. The summed E-state index contributed by atoms with van der Waals surface area (Å²) in [6.07, 6.45) is 5.23. The van der Waals surface area contributed by atoms with Gasteiger partial charge in [0.2, 0.25) is 0 Å². The lowest BCUT2D eigenvalue weighted by Crippen LogP contribution is -2.12. The molecule has 0 aromatic heterocycles. The molecular weight excluding hydrogens is 332 g/mol. The van der Waals surface area contributed by atoms with E-state index >= 15 is 0 Å². The minimum atomic E-state index is 0.502. The molecule has 2 nitrogen and oxygen atoms in total. The quantitative estimate of drug-likeness (QED) is 0.330. The summed E-state index contributed by atoms with van der Waals surface area (Å²) < 4.78 is 12.4. The Kier molecular flexibility index (Phi) is 8.40. The molecule has 0 bridgehead atoms. The van der Waals surface area contributed by atoms with Gasteiger partial charge in [0, 0.05) is 16.7 Å². The van der Waals surface area contributed by atoms with Crippen LogP contribution >= 0.6 is 11.6 Å². The molecule has 2 aromatic rings. The van der Waals surface area contributed by atoms with Gasteiger partial charge in [-0.2, -0.15) is 0 Å². The van der Waals surface area contributed by atoms with Crippen molar-refractivity contribution in [1.29, 1.82) is 0 Å². The minimum absolute atomic E-state index is 0.502. The Bertz CT molecular complexity index is 654. The van der Waals surface area contributed by atoms with E-state index in [9.17, 15) is 0 Å². The molecule has 0 aliphatic rings. The predicted octanol–water partition coefficient (Wildman–Crippen LogP) is 6.62. The van der Waals surface area contributed by atoms with E-state index in [-0.39, 0.29) is 0 Å². The van der Waals surface area contributed by atoms with Gasteiger partial charge in [0.25, 0.3) is 0 Å². The van der Waals surface area contributed by atoms with Gasteiger partial charge in [-0.15, -0.1) is 11.6 Å². The van der Waals surface area contributed by atoms with E-state index in [0.29, 0.717) is 18.4 Å². The smallest absolute Gasteiger partial charge is 0.130 e. The van der Waals surface area contributed by atoms with Gasteiger partial charge >= 0.3 is 0 Å². The third kappa shape index (κ3) is 5.28. The molecule has 0 saturated heterocycles. The molecule has 0 spiro atoms. The SMILES string of the molecule is CCCCOc1c(CC)cc(OCC(CC)CCCl)c2ccccc12. The molecule has 3 heteroatoms. The zero-order chi connectivity index (χ0) is 18.1. The number of unbranched alkanes of at least 4 members (excludes halogenated alkanes) is 1. The van der Waals surface area contributed by atoms with Crippen LogP contribution in [0.15, 0.2) is 30.3 Å². The highest BCUT2D eigenvalue weighted by atomic mass is 35.5. The Morgan fingerprint density at radius 1 is 1.04 bits per heavy atom. The second-order valence-corrected chi connectivity index (χ2v) is 6.91. The van der Waals surface area contributed by atoms with E-state index < -0.39 is 0 Å². The topological polar surface area (TPSA) is 18.5 Å². The Hall–Kier alpha value is -1.41. The summed E-state index contributed by atoms with van der Waals surface area (Å²) in [6, 6.07) is 10.6. The van der Waals surface area contributed by atoms with Crippen LogP contribution in [-0.4, -0.2) is 19.1 Å². The lowest BCUT2D eigenvalue weighted by molar-refractivity contribution is 0.243. The van der Waals surface area contributed by atoms with Gasteiger partial charge in [0.1, 0.15) is 11.5 Å². The van der Waals surface area contributed by atoms with E-state index in [1.54, 1.807) is 0 Å². The van der Waals surface area contributed by atoms with Crippen LogP contribution in [-0.2, 0) is 6.42 Å². The highest BCUT2D eigenvalue weighted by Crippen LogP contribution is 2.37. The normalized spacial score (nSPS) is 12.3. The first-order valence-electron chi connectivity index (χ1n) is 9.61. The Balaban J connectivity index is 2.33. The van der Waals surface area contributed by atoms with Gasteiger partial charge in [-0.25, -0.2) is 0 Å². The van der Waals surface area contributed by atoms with Gasteiger partial charge in [-0.1, -0.05) is 57.9 Å². The van der Waals surface area contributed by atoms with Crippen LogP contribution in [0.1, 0.15) is 52.0 Å². The van der Waals surface area contributed by atoms with Crippen molar-refractivity contribution in [3.63, 3.8) is 0 Å². The molecule has 1 atom stereocenters. The first-order chi connectivity index (χ1) is 12.2. The molecular formula is C22H31ClO2. The number of hydrogen-bond donors (Lipinski definition) is 0. The highest BCUT2D eigenvalue weighted by Gasteiger charge is 2.15. The van der Waals surface area contributed by atoms with Crippen LogP contribution in [0.3, 0.4) is 0 Å². The van der Waals surface area contributed by atoms with Crippen LogP contribution < -0.4 is 9.47 Å². The molecule has 0 heterocycles. The summed E-state index contributed by atoms with van der Waals surface area (Å²) in [6.45, 7) is 8.03. The van der Waals surface area contributed by atoms with Crippen molar-refractivity contribution in [3.05, 3.63) is 35.9 Å². The van der Waals surface area contributed by atoms with Gasteiger partial charge in [0.05, 0.1) is 13.2 Å². The van der Waals surface area contributed by atoms with Crippen molar-refractivity contribution in [3.8, 4) is 11.5 Å². The fourth-order valence-electron chi connectivity index (χ4n) is 3.01. The van der Waals surface area contributed by atoms with E-state index in [1.165, 1.54) is 5.56 Å². The zero-order valence-corrected chi connectivity index (χ0v) is 16.6. The largest absolute Gasteiger partial charge is 0.493 e. The maximum atomic E-state index is 6.23. The lowest BCUT2D eigenvalue weighted by atomic mass is 10.0. The minimum Gasteiger partial charge on any atom is -0.493 e. The zero-order valence-electron chi connectivity index (χ0n) is 15.8. The molecule has 0 fully saturated rings. The van der Waals surface area contributed by atoms with Gasteiger partial charge in [-0.3, -0.25) is 0 Å². The molecule has 0 N–H and O–H groups in total. The molecule has 0 aliphatic carbocycles. The van der Waals surface area contributed by atoms with Crippen LogP contribution in [0, 0.1) is 5.92 Å². The molecule has 0 amide bonds. The molecule has 0 saturated carbocycles.